The molecule has 0 aromatic carbocycles. The molecular formula is C17H20N4O3. The largest absolute Gasteiger partial charge is 0.390 e. The Labute approximate surface area is 139 Å². The van der Waals surface area contributed by atoms with Crippen molar-refractivity contribution in [3.8, 4) is 6.07 Å². The number of fused-ring (bicyclic) bond motifs is 1. The lowest BCUT2D eigenvalue weighted by Crippen LogP contribution is -2.48. The number of aryl methyl sites for hydroxylation is 1. The molecule has 3 heterocycles. The van der Waals surface area contributed by atoms with Crippen LogP contribution in [0.25, 0.3) is 11.0 Å². The van der Waals surface area contributed by atoms with Crippen molar-refractivity contribution in [1.29, 1.82) is 5.26 Å². The summed E-state index contributed by atoms with van der Waals surface area (Å²) in [6.07, 6.45) is -0.261. The van der Waals surface area contributed by atoms with Crippen LogP contribution in [0.15, 0.2) is 23.0 Å². The summed E-state index contributed by atoms with van der Waals surface area (Å²) in [5, 5.41) is 19.2. The van der Waals surface area contributed by atoms with Crippen LogP contribution >= 0.6 is 0 Å². The van der Waals surface area contributed by atoms with Crippen molar-refractivity contribution < 1.29 is 9.84 Å². The molecule has 0 unspecified atom stereocenters. The van der Waals surface area contributed by atoms with Crippen LogP contribution in [0, 0.1) is 11.3 Å². The van der Waals surface area contributed by atoms with Gasteiger partial charge in [0.15, 0.2) is 0 Å². The molecule has 126 valence electrons. The van der Waals surface area contributed by atoms with Gasteiger partial charge in [-0.25, -0.2) is 4.98 Å². The third-order valence-corrected chi connectivity index (χ3v) is 4.43. The van der Waals surface area contributed by atoms with Gasteiger partial charge in [-0.05, 0) is 25.5 Å². The topological polar surface area (TPSA) is 91.4 Å². The molecule has 0 radical (unpaired) electrons. The number of ether oxygens (including phenoxy) is 1. The quantitative estimate of drug-likeness (QED) is 0.895. The molecule has 2 aromatic rings. The summed E-state index contributed by atoms with van der Waals surface area (Å²) in [5.41, 5.74) is 2.14. The maximum Gasteiger partial charge on any atom is 0.252 e. The minimum absolute atomic E-state index is 0.136. The molecule has 2 aromatic heterocycles. The van der Waals surface area contributed by atoms with Gasteiger partial charge in [-0.15, -0.1) is 0 Å². The zero-order chi connectivity index (χ0) is 17.3. The fourth-order valence-electron chi connectivity index (χ4n) is 3.12. The van der Waals surface area contributed by atoms with Crippen LogP contribution in [0.4, 0.5) is 5.69 Å². The molecule has 24 heavy (non-hydrogen) atoms. The molecule has 1 aliphatic rings. The minimum Gasteiger partial charge on any atom is -0.390 e. The molecule has 1 fully saturated rings. The van der Waals surface area contributed by atoms with E-state index in [4.69, 9.17) is 10.00 Å². The van der Waals surface area contributed by atoms with Crippen LogP contribution in [0.3, 0.4) is 0 Å². The zero-order valence-electron chi connectivity index (χ0n) is 13.8. The maximum absolute atomic E-state index is 12.3. The van der Waals surface area contributed by atoms with E-state index in [2.05, 4.69) is 4.98 Å². The monoisotopic (exact) mass is 328 g/mol. The van der Waals surface area contributed by atoms with Gasteiger partial charge >= 0.3 is 0 Å². The standard InChI is InChI=1S/C17H20N4O3/c1-3-24-15-10-21(7-6-14(15)22)13-8-16(23)20(2)12-5-4-11(9-18)19-17(12)13/h4-5,8,14-15,22H,3,6-7,10H2,1-2H3/t14-,15-/m0/s1. The van der Waals surface area contributed by atoms with Crippen LogP contribution in [-0.2, 0) is 11.8 Å². The van der Waals surface area contributed by atoms with E-state index in [1.54, 1.807) is 19.2 Å². The Morgan fingerprint density at radius 3 is 3.00 bits per heavy atom. The van der Waals surface area contributed by atoms with Gasteiger partial charge in [0.25, 0.3) is 5.56 Å². The number of piperidine rings is 1. The summed E-state index contributed by atoms with van der Waals surface area (Å²) in [5.74, 6) is 0. The number of nitriles is 1. The van der Waals surface area contributed by atoms with Crippen molar-refractivity contribution >= 4 is 16.7 Å². The summed E-state index contributed by atoms with van der Waals surface area (Å²) in [6, 6.07) is 6.92. The Balaban J connectivity index is 2.10. The smallest absolute Gasteiger partial charge is 0.252 e. The molecule has 7 nitrogen and oxygen atoms in total. The second-order valence-electron chi connectivity index (χ2n) is 5.90. The summed E-state index contributed by atoms with van der Waals surface area (Å²) in [6.45, 7) is 3.49. The van der Waals surface area contributed by atoms with Gasteiger partial charge in [0.05, 0.1) is 17.3 Å². The van der Waals surface area contributed by atoms with E-state index >= 15 is 0 Å². The van der Waals surface area contributed by atoms with Gasteiger partial charge < -0.3 is 19.3 Å². The van der Waals surface area contributed by atoms with Gasteiger partial charge in [0.1, 0.15) is 23.4 Å². The summed E-state index contributed by atoms with van der Waals surface area (Å²) in [4.78, 5) is 18.7. The van der Waals surface area contributed by atoms with Crippen LogP contribution < -0.4 is 10.5 Å². The Morgan fingerprint density at radius 1 is 1.50 bits per heavy atom. The fourth-order valence-corrected chi connectivity index (χ4v) is 3.12. The van der Waals surface area contributed by atoms with E-state index in [1.807, 2.05) is 17.9 Å². The highest BCUT2D eigenvalue weighted by Gasteiger charge is 2.29. The molecule has 3 rings (SSSR count). The second-order valence-corrected chi connectivity index (χ2v) is 5.90. The van der Waals surface area contributed by atoms with E-state index in [9.17, 15) is 9.90 Å². The molecule has 1 N–H and O–H groups in total. The number of hydrogen-bond donors (Lipinski definition) is 1. The molecule has 0 bridgehead atoms. The Morgan fingerprint density at radius 2 is 2.29 bits per heavy atom. The first-order valence-electron chi connectivity index (χ1n) is 8.00. The van der Waals surface area contributed by atoms with Gasteiger partial charge in [0, 0.05) is 32.8 Å². The highest BCUT2D eigenvalue weighted by atomic mass is 16.5. The van der Waals surface area contributed by atoms with Crippen molar-refractivity contribution in [3.05, 3.63) is 34.2 Å². The van der Waals surface area contributed by atoms with E-state index < -0.39 is 6.10 Å². The third kappa shape index (κ3) is 2.86. The van der Waals surface area contributed by atoms with Crippen molar-refractivity contribution in [3.63, 3.8) is 0 Å². The maximum atomic E-state index is 12.3. The first kappa shape index (κ1) is 16.4. The molecule has 7 heteroatoms. The Bertz CT molecular complexity index is 855. The minimum atomic E-state index is -0.512. The lowest BCUT2D eigenvalue weighted by atomic mass is 10.0. The van der Waals surface area contributed by atoms with Gasteiger partial charge in [0.2, 0.25) is 0 Å². The molecule has 1 saturated heterocycles. The lowest BCUT2D eigenvalue weighted by molar-refractivity contribution is -0.0398. The summed E-state index contributed by atoms with van der Waals surface area (Å²) < 4.78 is 7.13. The van der Waals surface area contributed by atoms with Crippen LogP contribution in [0.1, 0.15) is 19.0 Å². The number of rotatable bonds is 3. The number of nitrogens with zero attached hydrogens (tertiary/aromatic N) is 4. The number of anilines is 1. The van der Waals surface area contributed by atoms with Crippen LogP contribution in [0.5, 0.6) is 0 Å². The summed E-state index contributed by atoms with van der Waals surface area (Å²) >= 11 is 0. The fraction of sp³-hybridized carbons (Fsp3) is 0.471. The molecule has 0 saturated carbocycles. The molecule has 0 spiro atoms. The highest BCUT2D eigenvalue weighted by molar-refractivity contribution is 5.88. The average Bonchev–Trinajstić information content (AvgIpc) is 2.60. The second kappa shape index (κ2) is 6.59. The van der Waals surface area contributed by atoms with Crippen molar-refractivity contribution in [1.82, 2.24) is 9.55 Å². The van der Waals surface area contributed by atoms with Crippen LogP contribution in [0.2, 0.25) is 0 Å². The average molecular weight is 328 g/mol. The third-order valence-electron chi connectivity index (χ3n) is 4.43. The van der Waals surface area contributed by atoms with Gasteiger partial charge in [-0.3, -0.25) is 4.79 Å². The van der Waals surface area contributed by atoms with Crippen molar-refractivity contribution in [2.24, 2.45) is 7.05 Å². The predicted octanol–water partition coefficient (Wildman–Crippen LogP) is 0.781. The molecule has 2 atom stereocenters. The van der Waals surface area contributed by atoms with E-state index in [0.717, 1.165) is 0 Å². The first-order valence-corrected chi connectivity index (χ1v) is 8.00. The zero-order valence-corrected chi connectivity index (χ0v) is 13.8. The van der Waals surface area contributed by atoms with Gasteiger partial charge in [-0.1, -0.05) is 0 Å². The number of aliphatic hydroxyl groups excluding tert-OH is 1. The Kier molecular flexibility index (Phi) is 4.51. The predicted molar refractivity (Wildman–Crippen MR) is 89.9 cm³/mol. The molecule has 1 aliphatic heterocycles. The molecule has 0 aliphatic carbocycles. The SMILES string of the molecule is CCO[C@H]1CN(c2cc(=O)n(C)c3ccc(C#N)nc23)CC[C@@H]1O. The van der Waals surface area contributed by atoms with E-state index in [0.29, 0.717) is 48.5 Å². The van der Waals surface area contributed by atoms with Crippen molar-refractivity contribution in [2.75, 3.05) is 24.6 Å². The molecule has 0 amide bonds. The Hall–Kier alpha value is -2.43. The number of aromatic nitrogens is 2. The number of hydrogen-bond acceptors (Lipinski definition) is 6. The van der Waals surface area contributed by atoms with E-state index in [-0.39, 0.29) is 11.7 Å². The number of aliphatic hydroxyl groups is 1. The highest BCUT2D eigenvalue weighted by Crippen LogP contribution is 2.27. The molecular weight excluding hydrogens is 308 g/mol. The summed E-state index contributed by atoms with van der Waals surface area (Å²) in [7, 11) is 1.69. The lowest BCUT2D eigenvalue weighted by Gasteiger charge is -2.37. The first-order chi connectivity index (χ1) is 11.5. The van der Waals surface area contributed by atoms with E-state index in [1.165, 1.54) is 10.6 Å². The number of pyridine rings is 2. The van der Waals surface area contributed by atoms with Crippen LogP contribution in [-0.4, -0.2) is 46.6 Å². The normalized spacial score (nSPS) is 21.0. The van der Waals surface area contributed by atoms with Gasteiger partial charge in [-0.2, -0.15) is 5.26 Å². The van der Waals surface area contributed by atoms with Crippen molar-refractivity contribution in [2.45, 2.75) is 25.6 Å².